The van der Waals surface area contributed by atoms with E-state index in [1.807, 2.05) is 44.2 Å². The van der Waals surface area contributed by atoms with Crippen LogP contribution in [0.2, 0.25) is 5.02 Å². The van der Waals surface area contributed by atoms with Crippen LogP contribution in [0.25, 0.3) is 5.57 Å². The number of sulfonamides is 1. The maximum absolute atomic E-state index is 13.7. The Morgan fingerprint density at radius 2 is 1.69 bits per heavy atom. The standard InChI is InChI=1S/C25H23ClN2O3S/c1-4-28-22-13-11-19(26)15-21(22)23(18-8-6-5-7-9-18)24(32(28,30)31)25(29)27-20-12-10-16(2)17(3)14-20/h5-15H,4H2,1-3H3,(H,27,29). The van der Waals surface area contributed by atoms with E-state index >= 15 is 0 Å². The Bertz CT molecular complexity index is 1350. The average Bonchev–Trinajstić information content (AvgIpc) is 2.76. The van der Waals surface area contributed by atoms with Gasteiger partial charge in [-0.3, -0.25) is 9.10 Å². The Morgan fingerprint density at radius 1 is 0.969 bits per heavy atom. The Balaban J connectivity index is 1.99. The van der Waals surface area contributed by atoms with Gasteiger partial charge in [0.15, 0.2) is 4.91 Å². The minimum absolute atomic E-state index is 0.180. The lowest BCUT2D eigenvalue weighted by Gasteiger charge is -2.33. The number of nitrogens with one attached hydrogen (secondary N) is 1. The van der Waals surface area contributed by atoms with Gasteiger partial charge in [0, 0.05) is 28.4 Å². The summed E-state index contributed by atoms with van der Waals surface area (Å²) in [5, 5.41) is 3.25. The first-order valence-corrected chi connectivity index (χ1v) is 12.1. The second kappa shape index (κ2) is 8.45. The minimum atomic E-state index is -4.12. The minimum Gasteiger partial charge on any atom is -0.321 e. The van der Waals surface area contributed by atoms with Crippen LogP contribution in [-0.4, -0.2) is 20.9 Å². The number of hydrogen-bond donors (Lipinski definition) is 1. The van der Waals surface area contributed by atoms with Crippen LogP contribution in [-0.2, 0) is 14.8 Å². The van der Waals surface area contributed by atoms with Gasteiger partial charge >= 0.3 is 0 Å². The predicted octanol–water partition coefficient (Wildman–Crippen LogP) is 5.52. The van der Waals surface area contributed by atoms with E-state index in [9.17, 15) is 13.2 Å². The SMILES string of the molecule is CCN1c2ccc(Cl)cc2C(c2ccccc2)=C(C(=O)Nc2ccc(C)c(C)c2)S1(=O)=O. The molecule has 3 aromatic carbocycles. The van der Waals surface area contributed by atoms with Crippen LogP contribution in [0, 0.1) is 13.8 Å². The molecule has 0 spiro atoms. The average molecular weight is 467 g/mol. The third-order valence-electron chi connectivity index (χ3n) is 5.59. The van der Waals surface area contributed by atoms with Gasteiger partial charge in [0.2, 0.25) is 0 Å². The molecule has 1 heterocycles. The number of fused-ring (bicyclic) bond motifs is 1. The van der Waals surface area contributed by atoms with Crippen molar-refractivity contribution < 1.29 is 13.2 Å². The molecule has 0 atom stereocenters. The van der Waals surface area contributed by atoms with Crippen molar-refractivity contribution in [1.82, 2.24) is 0 Å². The maximum atomic E-state index is 13.7. The molecule has 5 nitrogen and oxygen atoms in total. The van der Waals surface area contributed by atoms with Gasteiger partial charge in [0.25, 0.3) is 15.9 Å². The van der Waals surface area contributed by atoms with Crippen molar-refractivity contribution in [2.45, 2.75) is 20.8 Å². The molecule has 4 rings (SSSR count). The summed E-state index contributed by atoms with van der Waals surface area (Å²) in [4.78, 5) is 13.2. The van der Waals surface area contributed by atoms with E-state index in [1.165, 1.54) is 4.31 Å². The summed E-state index contributed by atoms with van der Waals surface area (Å²) in [5.41, 5.74) is 4.68. The lowest BCUT2D eigenvalue weighted by Crippen LogP contribution is -2.39. The molecule has 0 aliphatic carbocycles. The molecular weight excluding hydrogens is 444 g/mol. The van der Waals surface area contributed by atoms with Gasteiger partial charge in [-0.15, -0.1) is 0 Å². The Hall–Kier alpha value is -3.09. The summed E-state index contributed by atoms with van der Waals surface area (Å²) in [6.45, 7) is 5.83. The van der Waals surface area contributed by atoms with Crippen molar-refractivity contribution in [3.05, 3.63) is 98.9 Å². The molecule has 0 aromatic heterocycles. The molecular formula is C25H23ClN2O3S. The molecule has 0 saturated heterocycles. The second-order valence-corrected chi connectivity index (χ2v) is 9.89. The van der Waals surface area contributed by atoms with Gasteiger partial charge in [-0.05, 0) is 67.8 Å². The molecule has 0 unspecified atom stereocenters. The number of carbonyl (C=O) groups is 1. The highest BCUT2D eigenvalue weighted by Crippen LogP contribution is 2.44. The summed E-state index contributed by atoms with van der Waals surface area (Å²) in [7, 11) is -4.12. The number of amides is 1. The van der Waals surface area contributed by atoms with Crippen LogP contribution in [0.5, 0.6) is 0 Å². The summed E-state index contributed by atoms with van der Waals surface area (Å²) in [5.74, 6) is -0.684. The fourth-order valence-corrected chi connectivity index (χ4v) is 5.81. The highest BCUT2D eigenvalue weighted by Gasteiger charge is 2.40. The fourth-order valence-electron chi connectivity index (χ4n) is 3.89. The van der Waals surface area contributed by atoms with Crippen molar-refractivity contribution in [2.75, 3.05) is 16.2 Å². The van der Waals surface area contributed by atoms with Crippen LogP contribution >= 0.6 is 11.6 Å². The molecule has 7 heteroatoms. The van der Waals surface area contributed by atoms with Crippen LogP contribution in [0.1, 0.15) is 29.2 Å². The summed E-state index contributed by atoms with van der Waals surface area (Å²) in [6.07, 6.45) is 0. The molecule has 1 amide bonds. The van der Waals surface area contributed by atoms with Gasteiger partial charge in [-0.2, -0.15) is 0 Å². The first-order chi connectivity index (χ1) is 15.2. The lowest BCUT2D eigenvalue weighted by molar-refractivity contribution is -0.112. The lowest BCUT2D eigenvalue weighted by atomic mass is 9.95. The van der Waals surface area contributed by atoms with E-state index in [0.717, 1.165) is 11.1 Å². The molecule has 0 fully saturated rings. The zero-order chi connectivity index (χ0) is 23.0. The van der Waals surface area contributed by atoms with E-state index in [0.29, 0.717) is 33.1 Å². The monoisotopic (exact) mass is 466 g/mol. The Labute approximate surface area is 193 Å². The van der Waals surface area contributed by atoms with E-state index in [2.05, 4.69) is 5.32 Å². The van der Waals surface area contributed by atoms with Gasteiger partial charge in [-0.25, -0.2) is 8.42 Å². The van der Waals surface area contributed by atoms with E-state index in [1.54, 1.807) is 43.3 Å². The molecule has 1 aliphatic rings. The van der Waals surface area contributed by atoms with Crippen molar-refractivity contribution in [3.8, 4) is 0 Å². The van der Waals surface area contributed by atoms with Gasteiger partial charge in [-0.1, -0.05) is 48.0 Å². The zero-order valence-electron chi connectivity index (χ0n) is 18.0. The van der Waals surface area contributed by atoms with Crippen LogP contribution in [0.4, 0.5) is 11.4 Å². The highest BCUT2D eigenvalue weighted by atomic mass is 35.5. The largest absolute Gasteiger partial charge is 0.321 e. The summed E-state index contributed by atoms with van der Waals surface area (Å²) >= 11 is 6.29. The van der Waals surface area contributed by atoms with Crippen molar-refractivity contribution >= 4 is 44.5 Å². The van der Waals surface area contributed by atoms with Crippen molar-refractivity contribution in [2.24, 2.45) is 0 Å². The first-order valence-electron chi connectivity index (χ1n) is 10.2. The summed E-state index contributed by atoms with van der Waals surface area (Å²) < 4.78 is 28.7. The molecule has 0 bridgehead atoms. The molecule has 1 aliphatic heterocycles. The third-order valence-corrected chi connectivity index (χ3v) is 7.77. The van der Waals surface area contributed by atoms with Crippen LogP contribution < -0.4 is 9.62 Å². The molecule has 32 heavy (non-hydrogen) atoms. The number of benzene rings is 3. The first kappa shape index (κ1) is 22.1. The molecule has 3 aromatic rings. The van der Waals surface area contributed by atoms with E-state index < -0.39 is 15.9 Å². The Morgan fingerprint density at radius 3 is 2.34 bits per heavy atom. The fraction of sp³-hybridized carbons (Fsp3) is 0.160. The van der Waals surface area contributed by atoms with E-state index in [4.69, 9.17) is 11.6 Å². The van der Waals surface area contributed by atoms with Gasteiger partial charge < -0.3 is 5.32 Å². The quantitative estimate of drug-likeness (QED) is 0.550. The second-order valence-electron chi connectivity index (χ2n) is 7.65. The molecule has 0 radical (unpaired) electrons. The number of rotatable bonds is 4. The number of anilines is 2. The summed E-state index contributed by atoms with van der Waals surface area (Å²) in [6, 6.07) is 19.6. The van der Waals surface area contributed by atoms with Crippen molar-refractivity contribution in [3.63, 3.8) is 0 Å². The zero-order valence-corrected chi connectivity index (χ0v) is 19.6. The normalized spacial score (nSPS) is 14.8. The number of carbonyl (C=O) groups excluding carboxylic acids is 1. The Kier molecular flexibility index (Phi) is 5.84. The topological polar surface area (TPSA) is 66.5 Å². The van der Waals surface area contributed by atoms with Gasteiger partial charge in [0.1, 0.15) is 0 Å². The predicted molar refractivity (Wildman–Crippen MR) is 130 cm³/mol. The molecule has 1 N–H and O–H groups in total. The van der Waals surface area contributed by atoms with Crippen molar-refractivity contribution in [1.29, 1.82) is 0 Å². The third kappa shape index (κ3) is 3.80. The number of hydrogen-bond acceptors (Lipinski definition) is 3. The maximum Gasteiger partial charge on any atom is 0.270 e. The van der Waals surface area contributed by atoms with Crippen LogP contribution in [0.3, 0.4) is 0 Å². The smallest absolute Gasteiger partial charge is 0.270 e. The van der Waals surface area contributed by atoms with E-state index in [-0.39, 0.29) is 11.4 Å². The number of halogens is 1. The number of nitrogens with zero attached hydrogens (tertiary/aromatic N) is 1. The number of aryl methyl sites for hydroxylation is 2. The molecule has 0 saturated carbocycles. The van der Waals surface area contributed by atoms with Gasteiger partial charge in [0.05, 0.1) is 5.69 Å². The molecule has 164 valence electrons. The highest BCUT2D eigenvalue weighted by molar-refractivity contribution is 7.97. The van der Waals surface area contributed by atoms with Crippen LogP contribution in [0.15, 0.2) is 71.6 Å².